The van der Waals surface area contributed by atoms with E-state index in [0.717, 1.165) is 16.6 Å². The van der Waals surface area contributed by atoms with Crippen LogP contribution in [0.15, 0.2) is 51.9 Å². The van der Waals surface area contributed by atoms with Gasteiger partial charge in [-0.1, -0.05) is 48.8 Å². The van der Waals surface area contributed by atoms with Crippen LogP contribution >= 0.6 is 15.9 Å². The van der Waals surface area contributed by atoms with Gasteiger partial charge in [-0.25, -0.2) is 0 Å². The summed E-state index contributed by atoms with van der Waals surface area (Å²) in [5.41, 5.74) is 2.60. The van der Waals surface area contributed by atoms with E-state index >= 15 is 0 Å². The van der Waals surface area contributed by atoms with E-state index in [-0.39, 0.29) is 18.4 Å². The Labute approximate surface area is 212 Å². The van der Waals surface area contributed by atoms with E-state index in [0.29, 0.717) is 29.3 Å². The number of aliphatic carboxylic acids is 1. The van der Waals surface area contributed by atoms with Crippen molar-refractivity contribution in [2.45, 2.75) is 38.6 Å². The largest absolute Gasteiger partial charge is 0.481 e. The van der Waals surface area contributed by atoms with Crippen molar-refractivity contribution in [3.05, 3.63) is 63.6 Å². The molecule has 0 saturated heterocycles. The summed E-state index contributed by atoms with van der Waals surface area (Å²) in [6, 6.07) is 11.8. The van der Waals surface area contributed by atoms with Crippen LogP contribution in [0.1, 0.15) is 54.7 Å². The molecule has 0 fully saturated rings. The molecule has 35 heavy (non-hydrogen) atoms. The SMILES string of the molecule is CC(C)(C)c1cc(Br)cc(C(CC(=O)O)NC(=O)CNC(=O)c2cccc(NC3=NCCN3)c2)c1. The lowest BCUT2D eigenvalue weighted by molar-refractivity contribution is -0.137. The standard InChI is InChI=1S/C25H30BrN5O4/c1-25(2,3)17-9-16(10-18(26)12-17)20(13-22(33)34)31-21(32)14-29-23(35)15-5-4-6-19(11-15)30-24-27-7-8-28-24/h4-6,9-12,20H,7-8,13-14H2,1-3H3,(H,29,35)(H,31,32)(H,33,34)(H2,27,28,30). The van der Waals surface area contributed by atoms with Gasteiger partial charge < -0.3 is 26.4 Å². The third-order valence-corrected chi connectivity index (χ3v) is 5.83. The number of rotatable bonds is 8. The predicted octanol–water partition coefficient (Wildman–Crippen LogP) is 3.18. The summed E-state index contributed by atoms with van der Waals surface area (Å²) in [6.45, 7) is 7.33. The van der Waals surface area contributed by atoms with Crippen LogP contribution in [0.25, 0.3) is 0 Å². The van der Waals surface area contributed by atoms with Gasteiger partial charge in [0, 0.05) is 22.3 Å². The number of hydrogen-bond donors (Lipinski definition) is 5. The molecule has 2 aromatic rings. The molecule has 0 spiro atoms. The first kappa shape index (κ1) is 26.2. The first-order valence-electron chi connectivity index (χ1n) is 11.3. The van der Waals surface area contributed by atoms with Gasteiger partial charge in [0.15, 0.2) is 5.96 Å². The molecule has 1 atom stereocenters. The topological polar surface area (TPSA) is 132 Å². The molecule has 1 aliphatic rings. The molecule has 5 N–H and O–H groups in total. The number of guanidine groups is 1. The van der Waals surface area contributed by atoms with E-state index in [1.54, 1.807) is 24.3 Å². The number of nitrogens with one attached hydrogen (secondary N) is 4. The number of hydrogen-bond acceptors (Lipinski definition) is 6. The smallest absolute Gasteiger partial charge is 0.305 e. The molecule has 10 heteroatoms. The van der Waals surface area contributed by atoms with Crippen molar-refractivity contribution in [3.63, 3.8) is 0 Å². The first-order chi connectivity index (χ1) is 16.5. The van der Waals surface area contributed by atoms with Crippen molar-refractivity contribution < 1.29 is 19.5 Å². The van der Waals surface area contributed by atoms with Gasteiger partial charge in [0.05, 0.1) is 25.6 Å². The lowest BCUT2D eigenvalue weighted by atomic mass is 9.85. The number of amides is 2. The van der Waals surface area contributed by atoms with Crippen LogP contribution in [0.5, 0.6) is 0 Å². The number of halogens is 1. The molecule has 0 aliphatic carbocycles. The highest BCUT2D eigenvalue weighted by molar-refractivity contribution is 9.10. The highest BCUT2D eigenvalue weighted by atomic mass is 79.9. The zero-order chi connectivity index (χ0) is 25.6. The maximum absolute atomic E-state index is 12.6. The quantitative estimate of drug-likeness (QED) is 0.347. The highest BCUT2D eigenvalue weighted by Gasteiger charge is 2.22. The molecule has 3 rings (SSSR count). The van der Waals surface area contributed by atoms with Crippen LogP contribution in [0.4, 0.5) is 5.69 Å². The summed E-state index contributed by atoms with van der Waals surface area (Å²) >= 11 is 3.48. The Bertz CT molecular complexity index is 1140. The van der Waals surface area contributed by atoms with Crippen LogP contribution in [0.2, 0.25) is 0 Å². The molecule has 1 unspecified atom stereocenters. The van der Waals surface area contributed by atoms with Crippen molar-refractivity contribution in [3.8, 4) is 0 Å². The molecule has 0 bridgehead atoms. The monoisotopic (exact) mass is 543 g/mol. The minimum absolute atomic E-state index is 0.159. The Morgan fingerprint density at radius 3 is 2.60 bits per heavy atom. The summed E-state index contributed by atoms with van der Waals surface area (Å²) in [5, 5.41) is 20.9. The molecule has 0 radical (unpaired) electrons. The number of carbonyl (C=O) groups is 3. The molecular formula is C25H30BrN5O4. The minimum atomic E-state index is -1.04. The summed E-state index contributed by atoms with van der Waals surface area (Å²) in [6.07, 6.45) is -0.286. The van der Waals surface area contributed by atoms with Crippen LogP contribution in [0, 0.1) is 0 Å². The van der Waals surface area contributed by atoms with E-state index in [1.165, 1.54) is 0 Å². The average molecular weight is 544 g/mol. The van der Waals surface area contributed by atoms with E-state index < -0.39 is 23.8 Å². The Morgan fingerprint density at radius 2 is 1.94 bits per heavy atom. The van der Waals surface area contributed by atoms with Gasteiger partial charge in [0.2, 0.25) is 5.91 Å². The predicted molar refractivity (Wildman–Crippen MR) is 139 cm³/mol. The Balaban J connectivity index is 1.65. The van der Waals surface area contributed by atoms with Gasteiger partial charge in [0.1, 0.15) is 0 Å². The first-order valence-corrected chi connectivity index (χ1v) is 12.1. The van der Waals surface area contributed by atoms with E-state index in [4.69, 9.17) is 0 Å². The molecular weight excluding hydrogens is 514 g/mol. The summed E-state index contributed by atoms with van der Waals surface area (Å²) in [7, 11) is 0. The number of carboxylic acid groups (broad SMARTS) is 1. The van der Waals surface area contributed by atoms with Crippen molar-refractivity contribution in [2.24, 2.45) is 4.99 Å². The summed E-state index contributed by atoms with van der Waals surface area (Å²) in [5.74, 6) is -1.30. The zero-order valence-corrected chi connectivity index (χ0v) is 21.5. The van der Waals surface area contributed by atoms with Crippen molar-refractivity contribution in [1.29, 1.82) is 0 Å². The minimum Gasteiger partial charge on any atom is -0.481 e. The van der Waals surface area contributed by atoms with Gasteiger partial charge in [-0.3, -0.25) is 19.4 Å². The van der Waals surface area contributed by atoms with Gasteiger partial charge in [0.25, 0.3) is 5.91 Å². The van der Waals surface area contributed by atoms with Gasteiger partial charge in [-0.05, 0) is 46.9 Å². The Kier molecular flexibility index (Phi) is 8.50. The molecule has 1 aliphatic heterocycles. The van der Waals surface area contributed by atoms with Crippen LogP contribution in [0.3, 0.4) is 0 Å². The Morgan fingerprint density at radius 1 is 1.17 bits per heavy atom. The number of nitrogens with zero attached hydrogens (tertiary/aromatic N) is 1. The highest BCUT2D eigenvalue weighted by Crippen LogP contribution is 2.30. The second-order valence-electron chi connectivity index (χ2n) is 9.29. The van der Waals surface area contributed by atoms with Crippen LogP contribution in [-0.2, 0) is 15.0 Å². The third kappa shape index (κ3) is 7.81. The molecule has 2 aromatic carbocycles. The van der Waals surface area contributed by atoms with Gasteiger partial charge >= 0.3 is 5.97 Å². The normalized spacial score (nSPS) is 13.9. The lowest BCUT2D eigenvalue weighted by Crippen LogP contribution is -2.39. The number of carboxylic acids is 1. The van der Waals surface area contributed by atoms with Crippen LogP contribution < -0.4 is 21.3 Å². The molecule has 0 aromatic heterocycles. The number of aliphatic imine (C=N–C) groups is 1. The summed E-state index contributed by atoms with van der Waals surface area (Å²) in [4.78, 5) is 41.0. The fraction of sp³-hybridized carbons (Fsp3) is 0.360. The van der Waals surface area contributed by atoms with E-state index in [1.807, 2.05) is 18.2 Å². The maximum atomic E-state index is 12.6. The average Bonchev–Trinajstić information content (AvgIpc) is 3.29. The molecule has 9 nitrogen and oxygen atoms in total. The molecule has 1 heterocycles. The van der Waals surface area contributed by atoms with Gasteiger partial charge in [-0.15, -0.1) is 0 Å². The Hall–Kier alpha value is -3.40. The second-order valence-corrected chi connectivity index (χ2v) is 10.2. The number of anilines is 1. The number of carbonyl (C=O) groups excluding carboxylic acids is 2. The maximum Gasteiger partial charge on any atom is 0.305 e. The van der Waals surface area contributed by atoms with Crippen LogP contribution in [-0.4, -0.2) is 48.5 Å². The number of benzene rings is 2. The zero-order valence-electron chi connectivity index (χ0n) is 19.9. The molecule has 2 amide bonds. The van der Waals surface area contributed by atoms with E-state index in [2.05, 4.69) is 63.0 Å². The fourth-order valence-corrected chi connectivity index (χ4v) is 4.05. The molecule has 186 valence electrons. The third-order valence-electron chi connectivity index (χ3n) is 5.37. The second kappa shape index (κ2) is 11.4. The summed E-state index contributed by atoms with van der Waals surface area (Å²) < 4.78 is 0.796. The van der Waals surface area contributed by atoms with E-state index in [9.17, 15) is 19.5 Å². The molecule has 0 saturated carbocycles. The van der Waals surface area contributed by atoms with Crippen molar-refractivity contribution in [1.82, 2.24) is 16.0 Å². The van der Waals surface area contributed by atoms with Crippen molar-refractivity contribution >= 4 is 45.4 Å². The lowest BCUT2D eigenvalue weighted by Gasteiger charge is -2.24. The van der Waals surface area contributed by atoms with Gasteiger partial charge in [-0.2, -0.15) is 0 Å². The fourth-order valence-electron chi connectivity index (χ4n) is 3.54. The van der Waals surface area contributed by atoms with Crippen molar-refractivity contribution in [2.75, 3.05) is 25.0 Å².